The van der Waals surface area contributed by atoms with Gasteiger partial charge >= 0.3 is 5.97 Å². The second-order valence-electron chi connectivity index (χ2n) is 4.76. The fourth-order valence-electron chi connectivity index (χ4n) is 2.18. The summed E-state index contributed by atoms with van der Waals surface area (Å²) in [7, 11) is 2.64. The third-order valence-electron chi connectivity index (χ3n) is 3.07. The Morgan fingerprint density at radius 1 is 1.35 bits per heavy atom. The maximum Gasteiger partial charge on any atom is 0.348 e. The van der Waals surface area contributed by atoms with Crippen molar-refractivity contribution in [2.45, 2.75) is 13.0 Å². The van der Waals surface area contributed by atoms with Crippen molar-refractivity contribution in [2.24, 2.45) is 0 Å². The van der Waals surface area contributed by atoms with Crippen LogP contribution in [0.4, 0.5) is 5.69 Å². The number of fused-ring (bicyclic) bond motifs is 1. The number of rotatable bonds is 6. The van der Waals surface area contributed by atoms with E-state index in [0.29, 0.717) is 0 Å². The number of carbonyl (C=O) groups excluding carboxylic acids is 1. The maximum absolute atomic E-state index is 11.9. The quantitative estimate of drug-likeness (QED) is 0.440. The first kappa shape index (κ1) is 16.8. The Morgan fingerprint density at radius 2 is 2.00 bits per heavy atom. The van der Waals surface area contributed by atoms with Crippen LogP contribution < -0.4 is 14.2 Å². The van der Waals surface area contributed by atoms with Crippen molar-refractivity contribution in [3.05, 3.63) is 21.7 Å². The Balaban J connectivity index is 2.58. The molecule has 0 fully saturated rings. The standard InChI is InChI=1S/C14H17NO8/c1-8(7-19-2)23-10-6-9(15(17)18)11(14(16)20-3)13-12(10)21-4-5-22-13/h6,8H,4-5,7H2,1-3H3. The number of ether oxygens (including phenoxy) is 5. The number of benzene rings is 1. The van der Waals surface area contributed by atoms with E-state index in [1.807, 2.05) is 0 Å². The third-order valence-corrected chi connectivity index (χ3v) is 3.07. The van der Waals surface area contributed by atoms with Crippen LogP contribution in [0.5, 0.6) is 17.2 Å². The SMILES string of the molecule is COCC(C)Oc1cc([N+](=O)[O-])c(C(=O)OC)c2c1OCCO2. The highest BCUT2D eigenvalue weighted by Crippen LogP contribution is 2.47. The highest BCUT2D eigenvalue weighted by atomic mass is 16.6. The molecule has 1 aromatic rings. The number of nitrogens with zero attached hydrogens (tertiary/aromatic N) is 1. The molecule has 1 aliphatic rings. The zero-order valence-electron chi connectivity index (χ0n) is 13.0. The minimum absolute atomic E-state index is 0.0445. The van der Waals surface area contributed by atoms with Gasteiger partial charge in [-0.15, -0.1) is 0 Å². The Labute approximate surface area is 132 Å². The van der Waals surface area contributed by atoms with Gasteiger partial charge in [-0.1, -0.05) is 0 Å². The van der Waals surface area contributed by atoms with Crippen molar-refractivity contribution >= 4 is 11.7 Å². The fraction of sp³-hybridized carbons (Fsp3) is 0.500. The highest BCUT2D eigenvalue weighted by Gasteiger charge is 2.35. The lowest BCUT2D eigenvalue weighted by molar-refractivity contribution is -0.385. The van der Waals surface area contributed by atoms with Crippen molar-refractivity contribution in [2.75, 3.05) is 34.0 Å². The van der Waals surface area contributed by atoms with Gasteiger partial charge < -0.3 is 23.7 Å². The molecule has 0 N–H and O–H groups in total. The molecule has 23 heavy (non-hydrogen) atoms. The van der Waals surface area contributed by atoms with E-state index in [0.717, 1.165) is 13.2 Å². The normalized spacial score (nSPS) is 14.0. The van der Waals surface area contributed by atoms with Crippen LogP contribution in [0.1, 0.15) is 17.3 Å². The molecular formula is C14H17NO8. The summed E-state index contributed by atoms with van der Waals surface area (Å²) < 4.78 is 26.1. The number of carbonyl (C=O) groups is 1. The van der Waals surface area contributed by atoms with Crippen LogP contribution in [0.25, 0.3) is 0 Å². The van der Waals surface area contributed by atoms with Crippen molar-refractivity contribution in [3.8, 4) is 17.2 Å². The maximum atomic E-state index is 11.9. The Bertz CT molecular complexity index is 615. The highest BCUT2D eigenvalue weighted by molar-refractivity contribution is 5.99. The van der Waals surface area contributed by atoms with Crippen molar-refractivity contribution in [3.63, 3.8) is 0 Å². The van der Waals surface area contributed by atoms with E-state index in [1.165, 1.54) is 7.11 Å². The zero-order chi connectivity index (χ0) is 17.0. The predicted molar refractivity (Wildman–Crippen MR) is 77.4 cm³/mol. The van der Waals surface area contributed by atoms with Crippen LogP contribution in [-0.2, 0) is 9.47 Å². The lowest BCUT2D eigenvalue weighted by Crippen LogP contribution is -2.23. The van der Waals surface area contributed by atoms with E-state index in [1.54, 1.807) is 6.92 Å². The molecular weight excluding hydrogens is 310 g/mol. The Kier molecular flexibility index (Phi) is 5.22. The first-order chi connectivity index (χ1) is 11.0. The molecule has 0 amide bonds. The van der Waals surface area contributed by atoms with E-state index in [9.17, 15) is 14.9 Å². The molecule has 0 aromatic heterocycles. The summed E-state index contributed by atoms with van der Waals surface area (Å²) in [6.07, 6.45) is -0.377. The lowest BCUT2D eigenvalue weighted by Gasteiger charge is -2.24. The van der Waals surface area contributed by atoms with Gasteiger partial charge in [0.2, 0.25) is 5.75 Å². The van der Waals surface area contributed by atoms with Crippen molar-refractivity contribution < 1.29 is 33.4 Å². The van der Waals surface area contributed by atoms with Gasteiger partial charge in [0.15, 0.2) is 17.1 Å². The van der Waals surface area contributed by atoms with E-state index < -0.39 is 16.6 Å². The summed E-state index contributed by atoms with van der Waals surface area (Å²) >= 11 is 0. The van der Waals surface area contributed by atoms with Gasteiger partial charge in [-0.25, -0.2) is 4.79 Å². The summed E-state index contributed by atoms with van der Waals surface area (Å²) in [6.45, 7) is 2.41. The number of esters is 1. The van der Waals surface area contributed by atoms with Gasteiger partial charge in [0.1, 0.15) is 19.3 Å². The monoisotopic (exact) mass is 327 g/mol. The molecule has 0 saturated heterocycles. The van der Waals surface area contributed by atoms with Crippen molar-refractivity contribution in [1.82, 2.24) is 0 Å². The molecule has 2 rings (SSSR count). The molecule has 126 valence electrons. The van der Waals surface area contributed by atoms with Crippen LogP contribution in [0, 0.1) is 10.1 Å². The van der Waals surface area contributed by atoms with E-state index in [4.69, 9.17) is 18.9 Å². The van der Waals surface area contributed by atoms with E-state index in [2.05, 4.69) is 4.74 Å². The molecule has 1 unspecified atom stereocenters. The van der Waals surface area contributed by atoms with Gasteiger partial charge in [-0.3, -0.25) is 10.1 Å². The molecule has 0 aliphatic carbocycles. The van der Waals surface area contributed by atoms with Crippen LogP contribution in [0.3, 0.4) is 0 Å². The summed E-state index contributed by atoms with van der Waals surface area (Å²) in [6, 6.07) is 1.13. The second kappa shape index (κ2) is 7.14. The van der Waals surface area contributed by atoms with E-state index in [-0.39, 0.29) is 48.7 Å². The Hall–Kier alpha value is -2.55. The fourth-order valence-corrected chi connectivity index (χ4v) is 2.18. The molecule has 1 aromatic carbocycles. The molecule has 1 heterocycles. The number of methoxy groups -OCH3 is 2. The smallest absolute Gasteiger partial charge is 0.348 e. The summed E-state index contributed by atoms with van der Waals surface area (Å²) in [5.74, 6) is -0.666. The van der Waals surface area contributed by atoms with Crippen LogP contribution in [0.2, 0.25) is 0 Å². The van der Waals surface area contributed by atoms with E-state index >= 15 is 0 Å². The molecule has 9 heteroatoms. The zero-order valence-corrected chi connectivity index (χ0v) is 13.0. The number of hydrogen-bond donors (Lipinski definition) is 0. The van der Waals surface area contributed by atoms with Crippen LogP contribution >= 0.6 is 0 Å². The van der Waals surface area contributed by atoms with Gasteiger partial charge in [0.25, 0.3) is 5.69 Å². The van der Waals surface area contributed by atoms with Crippen LogP contribution in [-0.4, -0.2) is 51.0 Å². The minimum Gasteiger partial charge on any atom is -0.485 e. The molecule has 9 nitrogen and oxygen atoms in total. The second-order valence-corrected chi connectivity index (χ2v) is 4.76. The number of nitro groups is 1. The molecule has 0 radical (unpaired) electrons. The summed E-state index contributed by atoms with van der Waals surface area (Å²) in [5.41, 5.74) is -0.764. The predicted octanol–water partition coefficient (Wildman–Crippen LogP) is 1.57. The summed E-state index contributed by atoms with van der Waals surface area (Å²) in [4.78, 5) is 22.5. The third kappa shape index (κ3) is 3.45. The van der Waals surface area contributed by atoms with Gasteiger partial charge in [0.05, 0.1) is 24.7 Å². The first-order valence-electron chi connectivity index (χ1n) is 6.84. The van der Waals surface area contributed by atoms with Crippen LogP contribution in [0.15, 0.2) is 6.07 Å². The molecule has 0 spiro atoms. The average Bonchev–Trinajstić information content (AvgIpc) is 2.54. The van der Waals surface area contributed by atoms with Gasteiger partial charge in [-0.2, -0.15) is 0 Å². The minimum atomic E-state index is -0.880. The van der Waals surface area contributed by atoms with Gasteiger partial charge in [-0.05, 0) is 6.92 Å². The number of hydrogen-bond acceptors (Lipinski definition) is 8. The average molecular weight is 327 g/mol. The topological polar surface area (TPSA) is 106 Å². The molecule has 1 atom stereocenters. The summed E-state index contributed by atoms with van der Waals surface area (Å²) in [5, 5.41) is 11.3. The van der Waals surface area contributed by atoms with Crippen molar-refractivity contribution in [1.29, 1.82) is 0 Å². The molecule has 0 saturated carbocycles. The lowest BCUT2D eigenvalue weighted by atomic mass is 10.1. The Morgan fingerprint density at radius 3 is 2.57 bits per heavy atom. The van der Waals surface area contributed by atoms with Gasteiger partial charge in [0, 0.05) is 7.11 Å². The molecule has 0 bridgehead atoms. The number of nitro benzene ring substituents is 1. The first-order valence-corrected chi connectivity index (χ1v) is 6.84. The largest absolute Gasteiger partial charge is 0.485 e. The molecule has 1 aliphatic heterocycles.